The number of thioether (sulfide) groups is 1. The van der Waals surface area contributed by atoms with Crippen LogP contribution < -0.4 is 5.73 Å². The fraction of sp³-hybridized carbons (Fsp3) is 0.308. The molecule has 0 spiro atoms. The Morgan fingerprint density at radius 3 is 2.69 bits per heavy atom. The molecule has 0 saturated heterocycles. The lowest BCUT2D eigenvalue weighted by atomic mass is 10.0. The lowest BCUT2D eigenvalue weighted by Crippen LogP contribution is -1.95. The maximum atomic E-state index is 5.44. The standard InChI is InChI=1S/C13H18N2S/c1-3-11-6-4-5-7-12(11)8-13(15-2)9-16-10-14/h4-7,9H,2-3,8,10,14H2,1H3/b13-9-. The highest BCUT2D eigenvalue weighted by Gasteiger charge is 2.02. The molecule has 0 atom stereocenters. The lowest BCUT2D eigenvalue weighted by molar-refractivity contribution is 1.04. The van der Waals surface area contributed by atoms with Crippen molar-refractivity contribution in [3.05, 3.63) is 46.5 Å². The molecule has 0 aromatic heterocycles. The molecule has 16 heavy (non-hydrogen) atoms. The van der Waals surface area contributed by atoms with Crippen molar-refractivity contribution < 1.29 is 0 Å². The van der Waals surface area contributed by atoms with E-state index in [-0.39, 0.29) is 0 Å². The molecule has 0 radical (unpaired) electrons. The van der Waals surface area contributed by atoms with Crippen LogP contribution in [0.15, 0.2) is 40.4 Å². The summed E-state index contributed by atoms with van der Waals surface area (Å²) < 4.78 is 0. The van der Waals surface area contributed by atoms with Crippen molar-refractivity contribution in [3.63, 3.8) is 0 Å². The van der Waals surface area contributed by atoms with Gasteiger partial charge in [-0.05, 0) is 29.7 Å². The smallest absolute Gasteiger partial charge is 0.0503 e. The summed E-state index contributed by atoms with van der Waals surface area (Å²) in [7, 11) is 0. The third kappa shape index (κ3) is 3.83. The normalized spacial score (nSPS) is 11.5. The van der Waals surface area contributed by atoms with Crippen LogP contribution in [0.1, 0.15) is 18.1 Å². The Labute approximate surface area is 102 Å². The molecule has 0 unspecified atom stereocenters. The number of hydrogen-bond donors (Lipinski definition) is 1. The van der Waals surface area contributed by atoms with Crippen molar-refractivity contribution in [1.82, 2.24) is 0 Å². The molecule has 0 aliphatic carbocycles. The lowest BCUT2D eigenvalue weighted by Gasteiger charge is -2.07. The number of benzene rings is 1. The zero-order valence-electron chi connectivity index (χ0n) is 9.65. The fourth-order valence-electron chi connectivity index (χ4n) is 1.55. The summed E-state index contributed by atoms with van der Waals surface area (Å²) in [5, 5.41) is 1.99. The number of aryl methyl sites for hydroxylation is 1. The molecule has 0 bridgehead atoms. The Balaban J connectivity index is 2.81. The topological polar surface area (TPSA) is 38.4 Å². The average Bonchev–Trinajstić information content (AvgIpc) is 2.34. The van der Waals surface area contributed by atoms with Crippen LogP contribution in [0.25, 0.3) is 0 Å². The van der Waals surface area contributed by atoms with Gasteiger partial charge in [-0.15, -0.1) is 11.8 Å². The number of aliphatic imine (C=N–C) groups is 1. The van der Waals surface area contributed by atoms with Gasteiger partial charge in [0.15, 0.2) is 0 Å². The number of hydrogen-bond acceptors (Lipinski definition) is 3. The van der Waals surface area contributed by atoms with Gasteiger partial charge in [-0.25, -0.2) is 0 Å². The highest BCUT2D eigenvalue weighted by molar-refractivity contribution is 8.02. The van der Waals surface area contributed by atoms with Gasteiger partial charge in [-0.1, -0.05) is 31.2 Å². The van der Waals surface area contributed by atoms with E-state index in [4.69, 9.17) is 5.73 Å². The Bertz CT molecular complexity index is 372. The number of allylic oxidation sites excluding steroid dienone is 1. The van der Waals surface area contributed by atoms with E-state index in [9.17, 15) is 0 Å². The maximum absolute atomic E-state index is 5.44. The van der Waals surface area contributed by atoms with Crippen LogP contribution >= 0.6 is 11.8 Å². The molecular weight excluding hydrogens is 216 g/mol. The average molecular weight is 234 g/mol. The Kier molecular flexibility index (Phi) is 5.90. The van der Waals surface area contributed by atoms with Crippen molar-refractivity contribution in [2.24, 2.45) is 10.7 Å². The van der Waals surface area contributed by atoms with E-state index in [2.05, 4.69) is 42.9 Å². The molecule has 0 heterocycles. The van der Waals surface area contributed by atoms with Gasteiger partial charge in [0.2, 0.25) is 0 Å². The first-order valence-corrected chi connectivity index (χ1v) is 6.41. The minimum atomic E-state index is 0.578. The monoisotopic (exact) mass is 234 g/mol. The molecule has 1 aromatic rings. The second-order valence-electron chi connectivity index (χ2n) is 3.40. The molecule has 2 nitrogen and oxygen atoms in total. The summed E-state index contributed by atoms with van der Waals surface area (Å²) in [6.07, 6.45) is 1.88. The summed E-state index contributed by atoms with van der Waals surface area (Å²) >= 11 is 1.56. The third-order valence-corrected chi connectivity index (χ3v) is 3.02. The molecule has 0 aliphatic heterocycles. The van der Waals surface area contributed by atoms with Crippen molar-refractivity contribution in [1.29, 1.82) is 0 Å². The summed E-state index contributed by atoms with van der Waals surface area (Å²) in [5.41, 5.74) is 9.11. The molecule has 1 aromatic carbocycles. The number of nitrogens with zero attached hydrogens (tertiary/aromatic N) is 1. The molecule has 3 heteroatoms. The van der Waals surface area contributed by atoms with Gasteiger partial charge in [0.25, 0.3) is 0 Å². The van der Waals surface area contributed by atoms with E-state index in [0.29, 0.717) is 5.88 Å². The first-order chi connectivity index (χ1) is 7.81. The van der Waals surface area contributed by atoms with Gasteiger partial charge in [-0.3, -0.25) is 4.99 Å². The van der Waals surface area contributed by atoms with Crippen LogP contribution in [0.4, 0.5) is 0 Å². The molecular formula is C13H18N2S. The molecule has 1 rings (SSSR count). The van der Waals surface area contributed by atoms with E-state index < -0.39 is 0 Å². The van der Waals surface area contributed by atoms with Gasteiger partial charge in [0.05, 0.1) is 5.70 Å². The second-order valence-corrected chi connectivity index (χ2v) is 4.30. The minimum absolute atomic E-state index is 0.578. The predicted octanol–water partition coefficient (Wildman–Crippen LogP) is 2.98. The summed E-state index contributed by atoms with van der Waals surface area (Å²) in [6, 6.07) is 8.43. The summed E-state index contributed by atoms with van der Waals surface area (Å²) in [4.78, 5) is 4.03. The van der Waals surface area contributed by atoms with Crippen LogP contribution in [0, 0.1) is 0 Å². The molecule has 2 N–H and O–H groups in total. The maximum Gasteiger partial charge on any atom is 0.0503 e. The first kappa shape index (κ1) is 13.0. The zero-order valence-corrected chi connectivity index (χ0v) is 10.5. The van der Waals surface area contributed by atoms with Crippen LogP contribution in [0.5, 0.6) is 0 Å². The first-order valence-electron chi connectivity index (χ1n) is 5.36. The van der Waals surface area contributed by atoms with Crippen LogP contribution in [-0.4, -0.2) is 12.6 Å². The Morgan fingerprint density at radius 1 is 1.44 bits per heavy atom. The molecule has 0 fully saturated rings. The Morgan fingerprint density at radius 2 is 2.12 bits per heavy atom. The van der Waals surface area contributed by atoms with Crippen LogP contribution in [0.3, 0.4) is 0 Å². The highest BCUT2D eigenvalue weighted by Crippen LogP contribution is 2.17. The third-order valence-electron chi connectivity index (χ3n) is 2.39. The quantitative estimate of drug-likeness (QED) is 0.607. The Hall–Kier alpha value is -1.06. The fourth-order valence-corrected chi connectivity index (χ4v) is 2.00. The highest BCUT2D eigenvalue weighted by atomic mass is 32.2. The molecule has 0 aliphatic rings. The SMILES string of the molecule is C=N/C(=C\SCN)Cc1ccccc1CC. The van der Waals surface area contributed by atoms with Crippen LogP contribution in [-0.2, 0) is 12.8 Å². The second kappa shape index (κ2) is 7.25. The molecule has 86 valence electrons. The van der Waals surface area contributed by atoms with E-state index >= 15 is 0 Å². The predicted molar refractivity (Wildman–Crippen MR) is 73.8 cm³/mol. The van der Waals surface area contributed by atoms with Gasteiger partial charge in [0.1, 0.15) is 0 Å². The van der Waals surface area contributed by atoms with Crippen LogP contribution in [0.2, 0.25) is 0 Å². The zero-order chi connectivity index (χ0) is 11.8. The van der Waals surface area contributed by atoms with E-state index in [0.717, 1.165) is 18.5 Å². The van der Waals surface area contributed by atoms with Crippen molar-refractivity contribution in [3.8, 4) is 0 Å². The van der Waals surface area contributed by atoms with Gasteiger partial charge in [-0.2, -0.15) is 0 Å². The van der Waals surface area contributed by atoms with Crippen molar-refractivity contribution in [2.45, 2.75) is 19.8 Å². The molecule has 0 amide bonds. The van der Waals surface area contributed by atoms with Crippen molar-refractivity contribution >= 4 is 18.5 Å². The van der Waals surface area contributed by atoms with Gasteiger partial charge >= 0.3 is 0 Å². The summed E-state index contributed by atoms with van der Waals surface area (Å²) in [5.74, 6) is 0.578. The minimum Gasteiger partial charge on any atom is -0.322 e. The van der Waals surface area contributed by atoms with E-state index in [1.165, 1.54) is 11.1 Å². The van der Waals surface area contributed by atoms with E-state index in [1.807, 2.05) is 5.41 Å². The summed E-state index contributed by atoms with van der Waals surface area (Å²) in [6.45, 7) is 5.76. The van der Waals surface area contributed by atoms with Crippen molar-refractivity contribution in [2.75, 3.05) is 5.88 Å². The van der Waals surface area contributed by atoms with Gasteiger partial charge in [0, 0.05) is 12.3 Å². The van der Waals surface area contributed by atoms with E-state index in [1.54, 1.807) is 11.8 Å². The molecule has 0 saturated carbocycles. The largest absolute Gasteiger partial charge is 0.322 e. The number of nitrogens with two attached hydrogens (primary N) is 1. The van der Waals surface area contributed by atoms with Gasteiger partial charge < -0.3 is 5.73 Å². The number of rotatable bonds is 6.